The monoisotopic (exact) mass is 365 g/mol. The number of amides is 1. The zero-order chi connectivity index (χ0) is 18.6. The molecule has 3 aromatic rings. The molecule has 0 saturated carbocycles. The summed E-state index contributed by atoms with van der Waals surface area (Å²) in [5, 5.41) is 15.0. The Kier molecular flexibility index (Phi) is 5.36. The Labute approximate surface area is 152 Å². The van der Waals surface area contributed by atoms with E-state index in [-0.39, 0.29) is 5.91 Å². The van der Waals surface area contributed by atoms with E-state index < -0.39 is 13.0 Å². The summed E-state index contributed by atoms with van der Waals surface area (Å²) in [7, 11) is -3.31. The van der Waals surface area contributed by atoms with E-state index in [1.807, 2.05) is 36.4 Å². The van der Waals surface area contributed by atoms with E-state index in [2.05, 4.69) is 5.32 Å². The number of benzene rings is 3. The molecule has 0 bridgehead atoms. The second-order valence-corrected chi connectivity index (χ2v) is 8.84. The molecule has 0 unspecified atom stereocenters. The average Bonchev–Trinajstić information content (AvgIpc) is 2.68. The number of carbonyl (C=O) groups is 1. The fourth-order valence-corrected chi connectivity index (χ4v) is 5.57. The van der Waals surface area contributed by atoms with Gasteiger partial charge in [0.15, 0.2) is 7.14 Å². The van der Waals surface area contributed by atoms with Gasteiger partial charge in [-0.05, 0) is 17.7 Å². The van der Waals surface area contributed by atoms with Crippen LogP contribution in [0.1, 0.15) is 18.3 Å². The van der Waals surface area contributed by atoms with Crippen molar-refractivity contribution in [3.63, 3.8) is 0 Å². The summed E-state index contributed by atoms with van der Waals surface area (Å²) in [6.07, 6.45) is 0. The van der Waals surface area contributed by atoms with Gasteiger partial charge in [0.1, 0.15) is 5.85 Å². The fraction of sp³-hybridized carbons (Fsp3) is 0.0952. The van der Waals surface area contributed by atoms with Crippen molar-refractivity contribution in [2.45, 2.75) is 12.8 Å². The van der Waals surface area contributed by atoms with E-state index in [1.165, 1.54) is 6.92 Å². The van der Waals surface area contributed by atoms with Crippen LogP contribution in [0.5, 0.6) is 0 Å². The number of anilines is 1. The summed E-state index contributed by atoms with van der Waals surface area (Å²) in [6.45, 7) is 1.43. The lowest BCUT2D eigenvalue weighted by Crippen LogP contribution is -2.21. The average molecular weight is 365 g/mol. The smallest absolute Gasteiger partial charge is 0.221 e. The number of aliphatic hydroxyl groups excluding tert-OH is 1. The molecule has 0 aliphatic rings. The normalized spacial score (nSPS) is 12.4. The van der Waals surface area contributed by atoms with Crippen molar-refractivity contribution < 1.29 is 14.5 Å². The SMILES string of the molecule is CC(=O)Nc1ccc([C@H](O)P(=O)(c2ccccc2)c2ccccc2)cc1. The minimum atomic E-state index is -3.31. The van der Waals surface area contributed by atoms with Crippen LogP contribution in [0.15, 0.2) is 84.9 Å². The highest BCUT2D eigenvalue weighted by Crippen LogP contribution is 2.55. The maximum Gasteiger partial charge on any atom is 0.221 e. The van der Waals surface area contributed by atoms with Crippen LogP contribution in [0.2, 0.25) is 0 Å². The van der Waals surface area contributed by atoms with Crippen molar-refractivity contribution in [2.75, 3.05) is 5.32 Å². The molecule has 0 aromatic heterocycles. The lowest BCUT2D eigenvalue weighted by atomic mass is 10.2. The van der Waals surface area contributed by atoms with Crippen LogP contribution in [0, 0.1) is 0 Å². The standard InChI is InChI=1S/C21H20NO3P/c1-16(23)22-18-14-12-17(13-15-18)21(24)26(25,19-8-4-2-5-9-19)20-10-6-3-7-11-20/h2-15,21,24H,1H3,(H,22,23)/t21-/m1/s1. The van der Waals surface area contributed by atoms with Gasteiger partial charge >= 0.3 is 0 Å². The maximum atomic E-state index is 14.1. The molecule has 26 heavy (non-hydrogen) atoms. The third kappa shape index (κ3) is 3.62. The summed E-state index contributed by atoms with van der Waals surface area (Å²) < 4.78 is 14.1. The summed E-state index contributed by atoms with van der Waals surface area (Å²) >= 11 is 0. The molecule has 4 nitrogen and oxygen atoms in total. The van der Waals surface area contributed by atoms with E-state index in [0.29, 0.717) is 21.9 Å². The summed E-state index contributed by atoms with van der Waals surface area (Å²) in [4.78, 5) is 11.2. The minimum Gasteiger partial charge on any atom is -0.380 e. The van der Waals surface area contributed by atoms with Crippen LogP contribution >= 0.6 is 7.14 Å². The molecule has 5 heteroatoms. The largest absolute Gasteiger partial charge is 0.380 e. The van der Waals surface area contributed by atoms with E-state index >= 15 is 0 Å². The van der Waals surface area contributed by atoms with Gasteiger partial charge in [0.2, 0.25) is 5.91 Å². The van der Waals surface area contributed by atoms with Crippen molar-refractivity contribution in [3.05, 3.63) is 90.5 Å². The number of rotatable bonds is 5. The van der Waals surface area contributed by atoms with Crippen molar-refractivity contribution >= 4 is 29.3 Å². The van der Waals surface area contributed by atoms with Gasteiger partial charge in [-0.25, -0.2) is 0 Å². The minimum absolute atomic E-state index is 0.169. The molecule has 1 atom stereocenters. The first kappa shape index (κ1) is 18.1. The number of hydrogen-bond donors (Lipinski definition) is 2. The number of carbonyl (C=O) groups excluding carboxylic acids is 1. The Hall–Kier alpha value is -2.68. The molecule has 0 aliphatic heterocycles. The van der Waals surface area contributed by atoms with Gasteiger partial charge in [0.05, 0.1) is 0 Å². The van der Waals surface area contributed by atoms with E-state index in [9.17, 15) is 14.5 Å². The molecule has 0 heterocycles. The van der Waals surface area contributed by atoms with Crippen LogP contribution in [0.4, 0.5) is 5.69 Å². The summed E-state index contributed by atoms with van der Waals surface area (Å²) in [6, 6.07) is 24.9. The van der Waals surface area contributed by atoms with Crippen LogP contribution in [0.3, 0.4) is 0 Å². The first-order valence-electron chi connectivity index (χ1n) is 8.28. The summed E-state index contributed by atoms with van der Waals surface area (Å²) in [5.41, 5.74) is 1.16. The van der Waals surface area contributed by atoms with Gasteiger partial charge in [-0.15, -0.1) is 0 Å². The summed E-state index contributed by atoms with van der Waals surface area (Å²) in [5.74, 6) is -1.35. The molecular weight excluding hydrogens is 345 g/mol. The van der Waals surface area contributed by atoms with Crippen LogP contribution in [0.25, 0.3) is 0 Å². The molecule has 0 aliphatic carbocycles. The third-order valence-electron chi connectivity index (χ3n) is 4.15. The third-order valence-corrected chi connectivity index (χ3v) is 7.27. The second-order valence-electron chi connectivity index (χ2n) is 6.01. The first-order chi connectivity index (χ1) is 12.5. The van der Waals surface area contributed by atoms with Crippen LogP contribution < -0.4 is 15.9 Å². The molecule has 0 saturated heterocycles. The lowest BCUT2D eigenvalue weighted by molar-refractivity contribution is -0.114. The van der Waals surface area contributed by atoms with E-state index in [1.54, 1.807) is 48.5 Å². The van der Waals surface area contributed by atoms with Gasteiger partial charge in [0.25, 0.3) is 0 Å². The Morgan fingerprint density at radius 2 is 1.31 bits per heavy atom. The maximum absolute atomic E-state index is 14.1. The van der Waals surface area contributed by atoms with E-state index in [0.717, 1.165) is 0 Å². The Balaban J connectivity index is 2.05. The first-order valence-corrected chi connectivity index (χ1v) is 10.1. The zero-order valence-corrected chi connectivity index (χ0v) is 15.3. The van der Waals surface area contributed by atoms with Crippen molar-refractivity contribution in [1.82, 2.24) is 0 Å². The quantitative estimate of drug-likeness (QED) is 0.679. The van der Waals surface area contributed by atoms with Gasteiger partial charge in [-0.1, -0.05) is 72.8 Å². The van der Waals surface area contributed by atoms with Crippen LogP contribution in [-0.4, -0.2) is 11.0 Å². The molecule has 0 radical (unpaired) electrons. The topological polar surface area (TPSA) is 66.4 Å². The zero-order valence-electron chi connectivity index (χ0n) is 14.4. The van der Waals surface area contributed by atoms with Gasteiger partial charge in [-0.3, -0.25) is 4.79 Å². The second kappa shape index (κ2) is 7.69. The van der Waals surface area contributed by atoms with Crippen molar-refractivity contribution in [3.8, 4) is 0 Å². The van der Waals surface area contributed by atoms with Gasteiger partial charge in [0, 0.05) is 23.2 Å². The Morgan fingerprint density at radius 3 is 1.73 bits per heavy atom. The molecule has 1 amide bonds. The molecule has 0 fully saturated rings. The molecular formula is C21H20NO3P. The number of hydrogen-bond acceptors (Lipinski definition) is 3. The Bertz CT molecular complexity index is 881. The van der Waals surface area contributed by atoms with Gasteiger partial charge < -0.3 is 15.0 Å². The highest BCUT2D eigenvalue weighted by atomic mass is 31.2. The van der Waals surface area contributed by atoms with Crippen molar-refractivity contribution in [1.29, 1.82) is 0 Å². The van der Waals surface area contributed by atoms with Crippen LogP contribution in [-0.2, 0) is 9.36 Å². The molecule has 2 N–H and O–H groups in total. The number of aliphatic hydroxyl groups is 1. The lowest BCUT2D eigenvalue weighted by Gasteiger charge is -2.25. The molecule has 132 valence electrons. The molecule has 3 rings (SSSR count). The highest BCUT2D eigenvalue weighted by molar-refractivity contribution is 7.78. The van der Waals surface area contributed by atoms with E-state index in [4.69, 9.17) is 0 Å². The highest BCUT2D eigenvalue weighted by Gasteiger charge is 2.36. The van der Waals surface area contributed by atoms with Gasteiger partial charge in [-0.2, -0.15) is 0 Å². The molecule has 3 aromatic carbocycles. The Morgan fingerprint density at radius 1 is 0.846 bits per heavy atom. The predicted molar refractivity (Wildman–Crippen MR) is 105 cm³/mol. The predicted octanol–water partition coefficient (Wildman–Crippen LogP) is 3.65. The molecule has 0 spiro atoms. The fourth-order valence-electron chi connectivity index (χ4n) is 2.88. The van der Waals surface area contributed by atoms with Crippen molar-refractivity contribution in [2.24, 2.45) is 0 Å². The number of nitrogens with one attached hydrogen (secondary N) is 1.